The third kappa shape index (κ3) is 5.68. The SMILES string of the molecule is COc1cc(C(C)NC(=O)c2ccc(OC)c(S(=O)(=O)N(C)C)c2)ccc1OC(C)C. The molecule has 2 aromatic rings. The van der Waals surface area contributed by atoms with Crippen LogP contribution in [0.25, 0.3) is 0 Å². The van der Waals surface area contributed by atoms with Crippen LogP contribution >= 0.6 is 0 Å². The van der Waals surface area contributed by atoms with Gasteiger partial charge in [0.25, 0.3) is 5.91 Å². The van der Waals surface area contributed by atoms with Gasteiger partial charge in [-0.25, -0.2) is 12.7 Å². The second-order valence-electron chi connectivity index (χ2n) is 7.43. The number of nitrogens with zero attached hydrogens (tertiary/aromatic N) is 1. The highest BCUT2D eigenvalue weighted by atomic mass is 32.2. The average Bonchev–Trinajstić information content (AvgIpc) is 2.72. The molecule has 1 N–H and O–H groups in total. The van der Waals surface area contributed by atoms with E-state index in [1.54, 1.807) is 19.2 Å². The lowest BCUT2D eigenvalue weighted by atomic mass is 10.1. The molecule has 0 aliphatic carbocycles. The predicted octanol–water partition coefficient (Wildman–Crippen LogP) is 3.23. The Labute approximate surface area is 184 Å². The number of benzene rings is 2. The van der Waals surface area contributed by atoms with Crippen molar-refractivity contribution in [3.05, 3.63) is 47.5 Å². The maximum absolute atomic E-state index is 12.8. The van der Waals surface area contributed by atoms with E-state index in [2.05, 4.69) is 5.32 Å². The summed E-state index contributed by atoms with van der Waals surface area (Å²) in [5, 5.41) is 2.88. The third-order valence-corrected chi connectivity index (χ3v) is 6.42. The maximum atomic E-state index is 12.8. The van der Waals surface area contributed by atoms with Crippen LogP contribution < -0.4 is 19.5 Å². The fourth-order valence-electron chi connectivity index (χ4n) is 2.88. The number of sulfonamides is 1. The molecule has 0 radical (unpaired) electrons. The van der Waals surface area contributed by atoms with Crippen LogP contribution in [0.2, 0.25) is 0 Å². The Bertz CT molecular complexity index is 1030. The van der Waals surface area contributed by atoms with E-state index in [1.807, 2.05) is 26.8 Å². The summed E-state index contributed by atoms with van der Waals surface area (Å²) in [6.07, 6.45) is -0.000381. The van der Waals surface area contributed by atoms with E-state index < -0.39 is 15.9 Å². The number of amides is 1. The van der Waals surface area contributed by atoms with Gasteiger partial charge in [0.1, 0.15) is 10.6 Å². The lowest BCUT2D eigenvalue weighted by Gasteiger charge is -2.19. The van der Waals surface area contributed by atoms with Crippen LogP contribution in [0, 0.1) is 0 Å². The van der Waals surface area contributed by atoms with Crippen molar-refractivity contribution in [2.24, 2.45) is 0 Å². The van der Waals surface area contributed by atoms with Crippen molar-refractivity contribution in [3.63, 3.8) is 0 Å². The van der Waals surface area contributed by atoms with Gasteiger partial charge in [0, 0.05) is 19.7 Å². The molecule has 0 aromatic heterocycles. The number of carbonyl (C=O) groups is 1. The van der Waals surface area contributed by atoms with Gasteiger partial charge in [-0.15, -0.1) is 0 Å². The summed E-state index contributed by atoms with van der Waals surface area (Å²) in [5.74, 6) is 0.945. The van der Waals surface area contributed by atoms with Crippen LogP contribution in [0.15, 0.2) is 41.3 Å². The van der Waals surface area contributed by atoms with Crippen LogP contribution in [-0.4, -0.2) is 53.0 Å². The van der Waals surface area contributed by atoms with Crippen molar-refractivity contribution < 1.29 is 27.4 Å². The summed E-state index contributed by atoms with van der Waals surface area (Å²) in [6.45, 7) is 5.68. The fraction of sp³-hybridized carbons (Fsp3) is 0.409. The Kier molecular flexibility index (Phi) is 7.91. The number of hydrogen-bond donors (Lipinski definition) is 1. The number of carbonyl (C=O) groups excluding carboxylic acids is 1. The van der Waals surface area contributed by atoms with Crippen LogP contribution in [0.1, 0.15) is 42.7 Å². The largest absolute Gasteiger partial charge is 0.495 e. The van der Waals surface area contributed by atoms with Crippen LogP contribution in [0.3, 0.4) is 0 Å². The second-order valence-corrected chi connectivity index (χ2v) is 9.55. The molecular formula is C22H30N2O6S. The molecule has 0 aliphatic rings. The summed E-state index contributed by atoms with van der Waals surface area (Å²) >= 11 is 0. The molecule has 1 amide bonds. The summed E-state index contributed by atoms with van der Waals surface area (Å²) in [5.41, 5.74) is 1.02. The van der Waals surface area contributed by atoms with E-state index in [-0.39, 0.29) is 28.4 Å². The molecule has 0 saturated carbocycles. The van der Waals surface area contributed by atoms with E-state index >= 15 is 0 Å². The van der Waals surface area contributed by atoms with Crippen molar-refractivity contribution >= 4 is 15.9 Å². The molecule has 0 heterocycles. The van der Waals surface area contributed by atoms with Gasteiger partial charge in [-0.1, -0.05) is 6.07 Å². The highest BCUT2D eigenvalue weighted by Crippen LogP contribution is 2.31. The number of rotatable bonds is 9. The molecular weight excluding hydrogens is 420 g/mol. The zero-order valence-electron chi connectivity index (χ0n) is 18.9. The summed E-state index contributed by atoms with van der Waals surface area (Å²) < 4.78 is 42.6. The number of nitrogens with one attached hydrogen (secondary N) is 1. The van der Waals surface area contributed by atoms with Gasteiger partial charge in [-0.2, -0.15) is 0 Å². The molecule has 9 heteroatoms. The van der Waals surface area contributed by atoms with Crippen molar-refractivity contribution in [2.75, 3.05) is 28.3 Å². The molecule has 0 saturated heterocycles. The van der Waals surface area contributed by atoms with Gasteiger partial charge in [-0.3, -0.25) is 4.79 Å². The van der Waals surface area contributed by atoms with E-state index in [0.29, 0.717) is 11.5 Å². The Morgan fingerprint density at radius 2 is 1.55 bits per heavy atom. The third-order valence-electron chi connectivity index (χ3n) is 4.58. The van der Waals surface area contributed by atoms with E-state index in [9.17, 15) is 13.2 Å². The summed E-state index contributed by atoms with van der Waals surface area (Å²) in [4.78, 5) is 12.8. The van der Waals surface area contributed by atoms with Crippen LogP contribution in [0.4, 0.5) is 0 Å². The highest BCUT2D eigenvalue weighted by Gasteiger charge is 2.24. The molecule has 31 heavy (non-hydrogen) atoms. The first-order chi connectivity index (χ1) is 14.5. The Balaban J connectivity index is 2.29. The topological polar surface area (TPSA) is 94.2 Å². The summed E-state index contributed by atoms with van der Waals surface area (Å²) in [7, 11) is 1.99. The molecule has 1 unspecified atom stereocenters. The first-order valence-electron chi connectivity index (χ1n) is 9.77. The minimum Gasteiger partial charge on any atom is -0.495 e. The molecule has 170 valence electrons. The Morgan fingerprint density at radius 1 is 0.935 bits per heavy atom. The maximum Gasteiger partial charge on any atom is 0.251 e. The van der Waals surface area contributed by atoms with E-state index in [0.717, 1.165) is 9.87 Å². The Morgan fingerprint density at radius 3 is 2.10 bits per heavy atom. The lowest BCUT2D eigenvalue weighted by molar-refractivity contribution is 0.0939. The highest BCUT2D eigenvalue weighted by molar-refractivity contribution is 7.89. The van der Waals surface area contributed by atoms with Crippen LogP contribution in [0.5, 0.6) is 17.2 Å². The first kappa shape index (κ1) is 24.5. The minimum absolute atomic E-state index is 0.000381. The molecule has 2 aromatic carbocycles. The normalized spacial score (nSPS) is 12.5. The fourth-order valence-corrected chi connectivity index (χ4v) is 3.96. The average molecular weight is 451 g/mol. The standard InChI is InChI=1S/C22H30N2O6S/c1-14(2)30-18-10-8-16(12-20(18)29-7)15(3)23-22(25)17-9-11-19(28-6)21(13-17)31(26,27)24(4)5/h8-15H,1-7H3,(H,23,25). The van der Waals surface area contributed by atoms with E-state index in [1.165, 1.54) is 39.4 Å². The van der Waals surface area contributed by atoms with Crippen molar-refractivity contribution in [1.29, 1.82) is 0 Å². The van der Waals surface area contributed by atoms with Gasteiger partial charge in [-0.05, 0) is 56.7 Å². The van der Waals surface area contributed by atoms with Crippen LogP contribution in [-0.2, 0) is 10.0 Å². The van der Waals surface area contributed by atoms with Gasteiger partial charge >= 0.3 is 0 Å². The smallest absolute Gasteiger partial charge is 0.251 e. The van der Waals surface area contributed by atoms with Crippen molar-refractivity contribution in [3.8, 4) is 17.2 Å². The van der Waals surface area contributed by atoms with Crippen molar-refractivity contribution in [2.45, 2.75) is 37.8 Å². The predicted molar refractivity (Wildman–Crippen MR) is 119 cm³/mol. The molecule has 1 atom stereocenters. The summed E-state index contributed by atoms with van der Waals surface area (Å²) in [6, 6.07) is 9.40. The molecule has 0 spiro atoms. The monoisotopic (exact) mass is 450 g/mol. The van der Waals surface area contributed by atoms with Gasteiger partial charge in [0.2, 0.25) is 10.0 Å². The van der Waals surface area contributed by atoms with Gasteiger partial charge in [0.05, 0.1) is 26.4 Å². The molecule has 0 fully saturated rings. The molecule has 0 bridgehead atoms. The lowest BCUT2D eigenvalue weighted by Crippen LogP contribution is -2.27. The molecule has 8 nitrogen and oxygen atoms in total. The van der Waals surface area contributed by atoms with Gasteiger partial charge in [0.15, 0.2) is 11.5 Å². The molecule has 2 rings (SSSR count). The van der Waals surface area contributed by atoms with Crippen molar-refractivity contribution in [1.82, 2.24) is 9.62 Å². The minimum atomic E-state index is -3.78. The Hall–Kier alpha value is -2.78. The first-order valence-corrected chi connectivity index (χ1v) is 11.2. The number of methoxy groups -OCH3 is 2. The zero-order chi connectivity index (χ0) is 23.3. The number of hydrogen-bond acceptors (Lipinski definition) is 6. The second kappa shape index (κ2) is 10.0. The van der Waals surface area contributed by atoms with Gasteiger partial charge < -0.3 is 19.5 Å². The number of ether oxygens (including phenoxy) is 3. The molecule has 0 aliphatic heterocycles. The van der Waals surface area contributed by atoms with E-state index in [4.69, 9.17) is 14.2 Å². The quantitative estimate of drug-likeness (QED) is 0.630. The zero-order valence-corrected chi connectivity index (χ0v) is 19.7.